The summed E-state index contributed by atoms with van der Waals surface area (Å²) in [5.41, 5.74) is 2.11. The van der Waals surface area contributed by atoms with Crippen LogP contribution in [0.1, 0.15) is 61.8 Å². The van der Waals surface area contributed by atoms with Crippen LogP contribution in [-0.4, -0.2) is 40.7 Å². The number of anilines is 1. The number of hydrogen-bond donors (Lipinski definition) is 2. The topological polar surface area (TPSA) is 74.2 Å². The molecular formula is C24H36ClN3O3P+. The summed E-state index contributed by atoms with van der Waals surface area (Å²) in [7, 11) is -3.33. The van der Waals surface area contributed by atoms with E-state index in [1.54, 1.807) is 18.2 Å². The van der Waals surface area contributed by atoms with Gasteiger partial charge in [0, 0.05) is 17.6 Å². The number of fused-ring (bicyclic) bond motifs is 1. The minimum Gasteiger partial charge on any atom is -0.333 e. The van der Waals surface area contributed by atoms with E-state index in [0.717, 1.165) is 12.0 Å². The van der Waals surface area contributed by atoms with Crippen molar-refractivity contribution in [2.75, 3.05) is 18.5 Å². The molecule has 1 unspecified atom stereocenters. The molecule has 6 nitrogen and oxygen atoms in total. The van der Waals surface area contributed by atoms with Crippen molar-refractivity contribution in [2.45, 2.75) is 67.9 Å². The zero-order chi connectivity index (χ0) is 24.1. The first-order valence-electron chi connectivity index (χ1n) is 11.1. The molecule has 0 aromatic heterocycles. The van der Waals surface area contributed by atoms with Gasteiger partial charge in [0.25, 0.3) is 5.91 Å². The van der Waals surface area contributed by atoms with Crippen LogP contribution in [0.25, 0.3) is 0 Å². The molecule has 0 spiro atoms. The summed E-state index contributed by atoms with van der Waals surface area (Å²) < 4.78 is 10.4. The highest BCUT2D eigenvalue weighted by molar-refractivity contribution is 7.72. The van der Waals surface area contributed by atoms with Crippen molar-refractivity contribution in [3.63, 3.8) is 0 Å². The highest BCUT2D eigenvalue weighted by atomic mass is 35.5. The number of carbonyl (C=O) groups is 1. The molecule has 0 fully saturated rings. The molecule has 2 aliphatic heterocycles. The number of nitrogens with one attached hydrogen (secondary N) is 1. The molecule has 32 heavy (non-hydrogen) atoms. The Labute approximate surface area is 197 Å². The molecule has 1 amide bonds. The van der Waals surface area contributed by atoms with Crippen LogP contribution in [0.2, 0.25) is 5.02 Å². The average Bonchev–Trinajstić information content (AvgIpc) is 2.90. The zero-order valence-electron chi connectivity index (χ0n) is 20.4. The van der Waals surface area contributed by atoms with Crippen LogP contribution in [0.5, 0.6) is 0 Å². The molecule has 2 atom stereocenters. The van der Waals surface area contributed by atoms with Gasteiger partial charge in [0.2, 0.25) is 5.30 Å². The van der Waals surface area contributed by atoms with Gasteiger partial charge in [-0.15, -0.1) is 0 Å². The predicted octanol–water partition coefficient (Wildman–Crippen LogP) is 5.59. The third-order valence-electron chi connectivity index (χ3n) is 5.82. The first kappa shape index (κ1) is 25.2. The normalized spacial score (nSPS) is 23.9. The van der Waals surface area contributed by atoms with Gasteiger partial charge in [0.1, 0.15) is 0 Å². The van der Waals surface area contributed by atoms with Crippen molar-refractivity contribution >= 4 is 42.2 Å². The van der Waals surface area contributed by atoms with Gasteiger partial charge in [-0.05, 0) is 53.6 Å². The second kappa shape index (κ2) is 8.72. The molecular weight excluding hydrogens is 445 g/mol. The van der Waals surface area contributed by atoms with Crippen molar-refractivity contribution < 1.29 is 14.2 Å². The first-order valence-corrected chi connectivity index (χ1v) is 13.1. The largest absolute Gasteiger partial charge is 0.432 e. The fraction of sp³-hybridized carbons (Fsp3) is 0.583. The Kier molecular flexibility index (Phi) is 6.86. The van der Waals surface area contributed by atoms with Crippen LogP contribution >= 0.6 is 19.5 Å². The Morgan fingerprint density at radius 3 is 2.47 bits per heavy atom. The maximum atomic E-state index is 13.7. The highest BCUT2D eigenvalue weighted by Crippen LogP contribution is 2.60. The standard InChI is InChI=1S/C24H36ClN3O3P/c1-9-31-32(30)18-14-16(25)10-11-17(18)26-21(27-32)19-15(2)20(24(6,7)8)28(22(19)29)13-12-23(3,4)5/h10-11,14,20,30H,9,12-13H2,1-8H3,(H,26,27)/q+1/t20-,32?/m1/s1. The van der Waals surface area contributed by atoms with Gasteiger partial charge < -0.3 is 10.2 Å². The van der Waals surface area contributed by atoms with Crippen LogP contribution < -0.4 is 10.6 Å². The zero-order valence-corrected chi connectivity index (χ0v) is 22.1. The Bertz CT molecular complexity index is 978. The second-order valence-electron chi connectivity index (χ2n) is 10.8. The van der Waals surface area contributed by atoms with Gasteiger partial charge in [0.05, 0.1) is 23.9 Å². The number of carbonyl (C=O) groups excluding carboxylic acids is 1. The molecule has 0 saturated carbocycles. The lowest BCUT2D eigenvalue weighted by Crippen LogP contribution is -2.45. The summed E-state index contributed by atoms with van der Waals surface area (Å²) in [6.45, 7) is 17.8. The van der Waals surface area contributed by atoms with E-state index in [-0.39, 0.29) is 22.8 Å². The van der Waals surface area contributed by atoms with Gasteiger partial charge in [-0.3, -0.25) is 4.79 Å². The molecule has 0 saturated heterocycles. The van der Waals surface area contributed by atoms with Gasteiger partial charge in [-0.1, -0.05) is 53.1 Å². The predicted molar refractivity (Wildman–Crippen MR) is 135 cm³/mol. The van der Waals surface area contributed by atoms with Crippen molar-refractivity contribution in [1.29, 1.82) is 0 Å². The van der Waals surface area contributed by atoms with E-state index in [1.165, 1.54) is 0 Å². The Hall–Kier alpha value is -1.46. The van der Waals surface area contributed by atoms with Crippen LogP contribution in [0.3, 0.4) is 0 Å². The summed E-state index contributed by atoms with van der Waals surface area (Å²) in [4.78, 5) is 27.1. The van der Waals surface area contributed by atoms with E-state index in [1.807, 2.05) is 18.7 Å². The molecule has 2 N–H and O–H groups in total. The lowest BCUT2D eigenvalue weighted by molar-refractivity contribution is -0.128. The molecule has 176 valence electrons. The van der Waals surface area contributed by atoms with Gasteiger partial charge >= 0.3 is 7.87 Å². The number of hydrogen-bond acceptors (Lipinski definition) is 5. The number of amides is 1. The average molecular weight is 481 g/mol. The first-order chi connectivity index (χ1) is 14.7. The number of amidine groups is 1. The number of halogens is 1. The van der Waals surface area contributed by atoms with Crippen LogP contribution in [0, 0.1) is 10.8 Å². The third kappa shape index (κ3) is 4.89. The number of nitrogens with zero attached hydrogens (tertiary/aromatic N) is 2. The van der Waals surface area contributed by atoms with E-state index in [2.05, 4.69) is 51.6 Å². The monoisotopic (exact) mass is 480 g/mol. The van der Waals surface area contributed by atoms with Gasteiger partial charge in [0.15, 0.2) is 5.84 Å². The smallest absolute Gasteiger partial charge is 0.333 e. The molecule has 3 rings (SSSR count). The summed E-state index contributed by atoms with van der Waals surface area (Å²) >= 11 is 6.18. The van der Waals surface area contributed by atoms with Crippen LogP contribution in [0.4, 0.5) is 5.69 Å². The molecule has 2 aliphatic rings. The minimum absolute atomic E-state index is 0.0537. The summed E-state index contributed by atoms with van der Waals surface area (Å²) in [5.74, 6) is 0.317. The molecule has 0 bridgehead atoms. The van der Waals surface area contributed by atoms with Crippen molar-refractivity contribution in [2.24, 2.45) is 15.6 Å². The SMILES string of the molecule is CCO[P+]1(O)N=C(C2=C(C)[C@H](C(C)(C)C)N(CCC(C)(C)C)C2=O)Nc2ccc(Cl)cc21. The quantitative estimate of drug-likeness (QED) is 0.539. The lowest BCUT2D eigenvalue weighted by Gasteiger charge is -2.37. The minimum atomic E-state index is -3.33. The fourth-order valence-electron chi connectivity index (χ4n) is 4.48. The Balaban J connectivity index is 2.09. The van der Waals surface area contributed by atoms with E-state index in [4.69, 9.17) is 16.1 Å². The molecule has 0 radical (unpaired) electrons. The summed E-state index contributed by atoms with van der Waals surface area (Å²) in [6.07, 6.45) is 0.892. The van der Waals surface area contributed by atoms with E-state index < -0.39 is 7.87 Å². The van der Waals surface area contributed by atoms with Gasteiger partial charge in [-0.2, -0.15) is 9.42 Å². The molecule has 2 heterocycles. The number of rotatable bonds is 5. The van der Waals surface area contributed by atoms with Crippen LogP contribution in [-0.2, 0) is 9.32 Å². The van der Waals surface area contributed by atoms with Crippen LogP contribution in [0.15, 0.2) is 34.1 Å². The second-order valence-corrected chi connectivity index (χ2v) is 13.3. The highest BCUT2D eigenvalue weighted by Gasteiger charge is 2.52. The molecule has 8 heteroatoms. The van der Waals surface area contributed by atoms with E-state index in [9.17, 15) is 9.69 Å². The maximum absolute atomic E-state index is 13.7. The Morgan fingerprint density at radius 2 is 1.91 bits per heavy atom. The van der Waals surface area contributed by atoms with Crippen molar-refractivity contribution in [3.8, 4) is 0 Å². The molecule has 1 aromatic carbocycles. The van der Waals surface area contributed by atoms with Crippen molar-refractivity contribution in [3.05, 3.63) is 34.4 Å². The molecule has 0 aliphatic carbocycles. The van der Waals surface area contributed by atoms with Crippen molar-refractivity contribution in [1.82, 2.24) is 4.90 Å². The summed E-state index contributed by atoms with van der Waals surface area (Å²) in [6, 6.07) is 5.17. The fourth-order valence-corrected chi connectivity index (χ4v) is 6.56. The molecule has 1 aromatic rings. The lowest BCUT2D eigenvalue weighted by atomic mass is 9.82. The maximum Gasteiger partial charge on any atom is 0.432 e. The number of benzene rings is 1. The van der Waals surface area contributed by atoms with E-state index in [0.29, 0.717) is 40.6 Å². The third-order valence-corrected chi connectivity index (χ3v) is 8.14. The Morgan fingerprint density at radius 1 is 1.25 bits per heavy atom. The van der Waals surface area contributed by atoms with E-state index >= 15 is 0 Å². The van der Waals surface area contributed by atoms with Gasteiger partial charge in [-0.25, -0.2) is 0 Å². The summed E-state index contributed by atoms with van der Waals surface area (Å²) in [5, 5.41) is 4.31.